The van der Waals surface area contributed by atoms with Gasteiger partial charge in [-0.1, -0.05) is 12.1 Å². The molecule has 0 saturated heterocycles. The molecule has 2 aromatic carbocycles. The minimum atomic E-state index is -0.427. The highest BCUT2D eigenvalue weighted by molar-refractivity contribution is 6.01. The van der Waals surface area contributed by atoms with Gasteiger partial charge in [0.05, 0.1) is 7.11 Å². The summed E-state index contributed by atoms with van der Waals surface area (Å²) in [6.07, 6.45) is 0.577. The Bertz CT molecular complexity index is 683. The van der Waals surface area contributed by atoms with E-state index in [0.29, 0.717) is 6.42 Å². The summed E-state index contributed by atoms with van der Waals surface area (Å²) in [6.45, 7) is 1.93. The van der Waals surface area contributed by atoms with Crippen molar-refractivity contribution in [1.29, 1.82) is 0 Å². The van der Waals surface area contributed by atoms with Gasteiger partial charge in [-0.2, -0.15) is 0 Å². The summed E-state index contributed by atoms with van der Waals surface area (Å²) >= 11 is 0. The van der Waals surface area contributed by atoms with Crippen LogP contribution in [-0.4, -0.2) is 28.2 Å². The second kappa shape index (κ2) is 6.39. The van der Waals surface area contributed by atoms with E-state index in [9.17, 15) is 20.1 Å². The first-order chi connectivity index (χ1) is 10.4. The van der Waals surface area contributed by atoms with Gasteiger partial charge in [-0.25, -0.2) is 0 Å². The summed E-state index contributed by atoms with van der Waals surface area (Å²) < 4.78 is 5.24. The number of Topliss-reactive ketones (excluding diaryl/α,β-unsaturated/α-hetero) is 1. The maximum Gasteiger partial charge on any atom is 0.170 e. The Kier molecular flexibility index (Phi) is 4.56. The summed E-state index contributed by atoms with van der Waals surface area (Å²) in [6, 6.07) is 7.73. The zero-order valence-corrected chi connectivity index (χ0v) is 12.5. The molecule has 0 aliphatic heterocycles. The first-order valence-electron chi connectivity index (χ1n) is 6.84. The van der Waals surface area contributed by atoms with Crippen LogP contribution >= 0.6 is 0 Å². The summed E-state index contributed by atoms with van der Waals surface area (Å²) in [4.78, 5) is 12.2. The van der Waals surface area contributed by atoms with Crippen LogP contribution in [0.4, 0.5) is 0 Å². The van der Waals surface area contributed by atoms with E-state index in [0.717, 1.165) is 29.0 Å². The van der Waals surface area contributed by atoms with E-state index in [1.54, 1.807) is 7.11 Å². The van der Waals surface area contributed by atoms with Crippen LogP contribution in [-0.2, 0) is 6.42 Å². The number of hydrogen-bond donors (Lipinski definition) is 3. The molecular weight excluding hydrogens is 284 g/mol. The smallest absolute Gasteiger partial charge is 0.170 e. The molecule has 2 aromatic rings. The third kappa shape index (κ3) is 3.31. The lowest BCUT2D eigenvalue weighted by atomic mass is 10.00. The zero-order valence-electron chi connectivity index (χ0n) is 12.5. The lowest BCUT2D eigenvalue weighted by Crippen LogP contribution is -2.02. The van der Waals surface area contributed by atoms with Crippen molar-refractivity contribution in [1.82, 2.24) is 0 Å². The number of ether oxygens (including phenoxy) is 1. The molecular formula is C17H18O5. The number of carbonyl (C=O) groups excluding carboxylic acids is 1. The van der Waals surface area contributed by atoms with E-state index >= 15 is 0 Å². The van der Waals surface area contributed by atoms with Crippen molar-refractivity contribution in [3.63, 3.8) is 0 Å². The molecule has 0 aliphatic carbocycles. The molecule has 0 unspecified atom stereocenters. The molecule has 0 aromatic heterocycles. The number of benzene rings is 2. The Hall–Kier alpha value is -2.69. The third-order valence-corrected chi connectivity index (χ3v) is 3.47. The Labute approximate surface area is 128 Å². The fourth-order valence-corrected chi connectivity index (χ4v) is 2.29. The molecule has 5 heteroatoms. The Morgan fingerprint density at radius 1 is 1.09 bits per heavy atom. The van der Waals surface area contributed by atoms with Gasteiger partial charge in [0.15, 0.2) is 5.78 Å². The minimum Gasteiger partial charge on any atom is -0.508 e. The molecule has 0 fully saturated rings. The Morgan fingerprint density at radius 3 is 2.32 bits per heavy atom. The molecule has 116 valence electrons. The number of aryl methyl sites for hydroxylation is 2. The van der Waals surface area contributed by atoms with E-state index in [-0.39, 0.29) is 17.7 Å². The molecule has 0 radical (unpaired) electrons. The number of aromatic hydroxyl groups is 3. The highest BCUT2D eigenvalue weighted by Gasteiger charge is 2.17. The van der Waals surface area contributed by atoms with Gasteiger partial charge in [0, 0.05) is 18.6 Å². The number of hydrogen-bond acceptors (Lipinski definition) is 5. The van der Waals surface area contributed by atoms with E-state index in [2.05, 4.69) is 0 Å². The number of phenols is 3. The van der Waals surface area contributed by atoms with E-state index in [1.807, 2.05) is 25.1 Å². The summed E-state index contributed by atoms with van der Waals surface area (Å²) in [5.41, 5.74) is 1.76. The average molecular weight is 302 g/mol. The third-order valence-electron chi connectivity index (χ3n) is 3.47. The van der Waals surface area contributed by atoms with Gasteiger partial charge in [-0.05, 0) is 30.5 Å². The number of methoxy groups -OCH3 is 1. The summed E-state index contributed by atoms with van der Waals surface area (Å²) in [7, 11) is 1.59. The Morgan fingerprint density at radius 2 is 1.73 bits per heavy atom. The lowest BCUT2D eigenvalue weighted by Gasteiger charge is -2.09. The van der Waals surface area contributed by atoms with Crippen molar-refractivity contribution < 1.29 is 24.9 Å². The maximum atomic E-state index is 12.2. The van der Waals surface area contributed by atoms with Crippen molar-refractivity contribution in [3.8, 4) is 23.0 Å². The predicted octanol–water partition coefficient (Wildman–Crippen LogP) is 2.94. The van der Waals surface area contributed by atoms with Crippen molar-refractivity contribution >= 4 is 5.78 Å². The van der Waals surface area contributed by atoms with E-state index in [1.165, 1.54) is 0 Å². The van der Waals surface area contributed by atoms with Crippen LogP contribution in [0.3, 0.4) is 0 Å². The fourth-order valence-electron chi connectivity index (χ4n) is 2.29. The first-order valence-corrected chi connectivity index (χ1v) is 6.84. The highest BCUT2D eigenvalue weighted by atomic mass is 16.5. The molecule has 0 bridgehead atoms. The van der Waals surface area contributed by atoms with Crippen molar-refractivity contribution in [3.05, 3.63) is 47.0 Å². The fraction of sp³-hybridized carbons (Fsp3) is 0.235. The van der Waals surface area contributed by atoms with Crippen molar-refractivity contribution in [2.24, 2.45) is 0 Å². The van der Waals surface area contributed by atoms with Gasteiger partial charge in [-0.3, -0.25) is 4.79 Å². The molecule has 2 rings (SSSR count). The van der Waals surface area contributed by atoms with Crippen LogP contribution in [0.1, 0.15) is 27.9 Å². The molecule has 5 nitrogen and oxygen atoms in total. The Balaban J connectivity index is 2.14. The van der Waals surface area contributed by atoms with Crippen LogP contribution in [0.15, 0.2) is 30.3 Å². The largest absolute Gasteiger partial charge is 0.508 e. The van der Waals surface area contributed by atoms with Gasteiger partial charge < -0.3 is 20.1 Å². The van der Waals surface area contributed by atoms with Crippen LogP contribution in [0.25, 0.3) is 0 Å². The average Bonchev–Trinajstić information content (AvgIpc) is 2.45. The van der Waals surface area contributed by atoms with Crippen molar-refractivity contribution in [2.45, 2.75) is 19.8 Å². The minimum absolute atomic E-state index is 0.123. The SMILES string of the molecule is COc1cc(CCC(=O)c2c(O)cc(O)cc2O)ccc1C. The van der Waals surface area contributed by atoms with Gasteiger partial charge in [0.2, 0.25) is 0 Å². The van der Waals surface area contributed by atoms with Gasteiger partial charge in [-0.15, -0.1) is 0 Å². The maximum absolute atomic E-state index is 12.2. The first kappa shape index (κ1) is 15.7. The molecule has 3 N–H and O–H groups in total. The van der Waals surface area contributed by atoms with Gasteiger partial charge in [0.25, 0.3) is 0 Å². The number of rotatable bonds is 5. The quantitative estimate of drug-likeness (QED) is 0.739. The molecule has 0 aliphatic rings. The lowest BCUT2D eigenvalue weighted by molar-refractivity contribution is 0.0977. The number of phenolic OH excluding ortho intramolecular Hbond substituents is 3. The van der Waals surface area contributed by atoms with Crippen LogP contribution < -0.4 is 4.74 Å². The summed E-state index contributed by atoms with van der Waals surface area (Å²) in [5.74, 6) is -0.794. The molecule has 0 heterocycles. The summed E-state index contributed by atoms with van der Waals surface area (Å²) in [5, 5.41) is 28.6. The standard InChI is InChI=1S/C17H18O5/c1-10-3-4-11(7-16(10)22-2)5-6-13(19)17-14(20)8-12(18)9-15(17)21/h3-4,7-9,18,20-21H,5-6H2,1-2H3. The normalized spacial score (nSPS) is 10.5. The van der Waals surface area contributed by atoms with Crippen LogP contribution in [0.5, 0.6) is 23.0 Å². The van der Waals surface area contributed by atoms with Gasteiger partial charge >= 0.3 is 0 Å². The highest BCUT2D eigenvalue weighted by Crippen LogP contribution is 2.33. The predicted molar refractivity (Wildman–Crippen MR) is 81.8 cm³/mol. The van der Waals surface area contributed by atoms with E-state index < -0.39 is 17.3 Å². The van der Waals surface area contributed by atoms with Crippen molar-refractivity contribution in [2.75, 3.05) is 7.11 Å². The molecule has 0 spiro atoms. The molecule has 22 heavy (non-hydrogen) atoms. The topological polar surface area (TPSA) is 87.0 Å². The molecule has 0 atom stereocenters. The molecule has 0 amide bonds. The number of ketones is 1. The zero-order chi connectivity index (χ0) is 16.3. The number of carbonyl (C=O) groups is 1. The van der Waals surface area contributed by atoms with E-state index in [4.69, 9.17) is 4.74 Å². The molecule has 0 saturated carbocycles. The van der Waals surface area contributed by atoms with Crippen LogP contribution in [0.2, 0.25) is 0 Å². The van der Waals surface area contributed by atoms with Gasteiger partial charge in [0.1, 0.15) is 28.6 Å². The second-order valence-electron chi connectivity index (χ2n) is 5.09. The monoisotopic (exact) mass is 302 g/mol. The second-order valence-corrected chi connectivity index (χ2v) is 5.09. The van der Waals surface area contributed by atoms with Crippen LogP contribution in [0, 0.1) is 6.92 Å².